The van der Waals surface area contributed by atoms with Crippen LogP contribution in [0.2, 0.25) is 0 Å². The molecule has 0 radical (unpaired) electrons. The third-order valence-corrected chi connectivity index (χ3v) is 1.77. The van der Waals surface area contributed by atoms with Crippen molar-refractivity contribution in [2.24, 2.45) is 0 Å². The van der Waals surface area contributed by atoms with Crippen LogP contribution >= 0.6 is 11.6 Å². The number of hydrogen-bond donors (Lipinski definition) is 0. The number of pyridine rings is 1. The molecule has 3 nitrogen and oxygen atoms in total. The quantitative estimate of drug-likeness (QED) is 0.739. The molecular formula is C8H2ClF3N2O. The molecule has 0 saturated heterocycles. The molecular weight excluding hydrogens is 233 g/mol. The summed E-state index contributed by atoms with van der Waals surface area (Å²) in [5.74, 6) is -1.16. The van der Waals surface area contributed by atoms with Gasteiger partial charge < -0.3 is 0 Å². The van der Waals surface area contributed by atoms with Crippen molar-refractivity contribution in [1.29, 1.82) is 5.26 Å². The van der Waals surface area contributed by atoms with Gasteiger partial charge in [-0.15, -0.1) is 0 Å². The third-order valence-electron chi connectivity index (χ3n) is 1.58. The molecule has 7 heteroatoms. The zero-order chi connectivity index (χ0) is 11.6. The lowest BCUT2D eigenvalue weighted by Gasteiger charge is -2.05. The molecule has 1 aromatic heterocycles. The van der Waals surface area contributed by atoms with Gasteiger partial charge in [0.15, 0.2) is 5.82 Å². The van der Waals surface area contributed by atoms with Crippen LogP contribution in [0.15, 0.2) is 6.20 Å². The lowest BCUT2D eigenvalue weighted by molar-refractivity contribution is 0.106. The van der Waals surface area contributed by atoms with Gasteiger partial charge in [0, 0.05) is 0 Å². The molecule has 0 bridgehead atoms. The van der Waals surface area contributed by atoms with Crippen LogP contribution in [0.5, 0.6) is 0 Å². The van der Waals surface area contributed by atoms with E-state index in [0.717, 1.165) is 0 Å². The number of alkyl halides is 2. The summed E-state index contributed by atoms with van der Waals surface area (Å²) in [4.78, 5) is 13.8. The van der Waals surface area contributed by atoms with E-state index in [1.807, 2.05) is 0 Å². The number of nitrogens with zero attached hydrogens (tertiary/aromatic N) is 2. The van der Waals surface area contributed by atoms with Crippen molar-refractivity contribution in [2.75, 3.05) is 0 Å². The number of aromatic nitrogens is 1. The molecule has 0 aromatic carbocycles. The Morgan fingerprint density at radius 3 is 2.60 bits per heavy atom. The van der Waals surface area contributed by atoms with Gasteiger partial charge in [-0.1, -0.05) is 0 Å². The second kappa shape index (κ2) is 4.28. The minimum absolute atomic E-state index is 0.448. The highest BCUT2D eigenvalue weighted by Crippen LogP contribution is 2.25. The Bertz CT molecular complexity index is 456. The second-order valence-corrected chi connectivity index (χ2v) is 2.77. The van der Waals surface area contributed by atoms with Gasteiger partial charge in [0.05, 0.1) is 11.8 Å². The largest absolute Gasteiger partial charge is 0.281 e. The fourth-order valence-electron chi connectivity index (χ4n) is 0.977. The van der Waals surface area contributed by atoms with Gasteiger partial charge in [-0.2, -0.15) is 5.26 Å². The van der Waals surface area contributed by atoms with Crippen molar-refractivity contribution in [2.45, 2.75) is 6.43 Å². The van der Waals surface area contributed by atoms with Crippen LogP contribution in [0.25, 0.3) is 0 Å². The van der Waals surface area contributed by atoms with Crippen LogP contribution < -0.4 is 0 Å². The summed E-state index contributed by atoms with van der Waals surface area (Å²) in [7, 11) is 0. The first-order valence-electron chi connectivity index (χ1n) is 3.55. The topological polar surface area (TPSA) is 53.8 Å². The minimum Gasteiger partial charge on any atom is -0.275 e. The van der Waals surface area contributed by atoms with E-state index in [1.165, 1.54) is 6.07 Å². The summed E-state index contributed by atoms with van der Waals surface area (Å²) in [6.07, 6.45) is -2.65. The standard InChI is InChI=1S/C8H2ClF3N2O/c9-7(15)5-3(1-13)4(10)2-14-6(5)8(11)12/h2,8H. The molecule has 0 amide bonds. The molecule has 0 aliphatic rings. The van der Waals surface area contributed by atoms with Gasteiger partial charge in [-0.25, -0.2) is 13.2 Å². The van der Waals surface area contributed by atoms with Gasteiger partial charge in [0.1, 0.15) is 17.3 Å². The highest BCUT2D eigenvalue weighted by atomic mass is 35.5. The van der Waals surface area contributed by atoms with E-state index in [1.54, 1.807) is 0 Å². The van der Waals surface area contributed by atoms with Crippen molar-refractivity contribution in [1.82, 2.24) is 4.98 Å². The average molecular weight is 235 g/mol. The molecule has 0 atom stereocenters. The van der Waals surface area contributed by atoms with Crippen molar-refractivity contribution < 1.29 is 18.0 Å². The molecule has 1 aromatic rings. The first kappa shape index (κ1) is 11.5. The Kier molecular flexibility index (Phi) is 3.27. The lowest BCUT2D eigenvalue weighted by atomic mass is 10.1. The van der Waals surface area contributed by atoms with E-state index < -0.39 is 34.3 Å². The molecule has 1 rings (SSSR count). The van der Waals surface area contributed by atoms with Crippen LogP contribution in [0, 0.1) is 17.1 Å². The minimum atomic E-state index is -3.10. The molecule has 15 heavy (non-hydrogen) atoms. The molecule has 0 spiro atoms. The third kappa shape index (κ3) is 2.07. The zero-order valence-corrected chi connectivity index (χ0v) is 7.73. The Morgan fingerprint density at radius 1 is 1.60 bits per heavy atom. The van der Waals surface area contributed by atoms with E-state index in [-0.39, 0.29) is 0 Å². The fraction of sp³-hybridized carbons (Fsp3) is 0.125. The molecule has 78 valence electrons. The number of carbonyl (C=O) groups excluding carboxylic acids is 1. The summed E-state index contributed by atoms with van der Waals surface area (Å²) in [6.45, 7) is 0. The SMILES string of the molecule is N#Cc1c(F)cnc(C(F)F)c1C(=O)Cl. The van der Waals surface area contributed by atoms with Crippen LogP contribution in [0.4, 0.5) is 13.2 Å². The summed E-state index contributed by atoms with van der Waals surface area (Å²) in [6, 6.07) is 1.29. The van der Waals surface area contributed by atoms with Gasteiger partial charge >= 0.3 is 0 Å². The maximum Gasteiger partial charge on any atom is 0.281 e. The fourth-order valence-corrected chi connectivity index (χ4v) is 1.17. The number of hydrogen-bond acceptors (Lipinski definition) is 3. The predicted octanol–water partition coefficient (Wildman–Crippen LogP) is 2.41. The number of nitriles is 1. The van der Waals surface area contributed by atoms with Crippen molar-refractivity contribution in [3.05, 3.63) is 28.8 Å². The first-order valence-corrected chi connectivity index (χ1v) is 3.93. The van der Waals surface area contributed by atoms with Gasteiger partial charge in [0.2, 0.25) is 0 Å². The van der Waals surface area contributed by atoms with Crippen LogP contribution in [0.3, 0.4) is 0 Å². The van der Waals surface area contributed by atoms with E-state index in [0.29, 0.717) is 6.20 Å². The Morgan fingerprint density at radius 2 is 2.20 bits per heavy atom. The number of carbonyl (C=O) groups is 1. The van der Waals surface area contributed by atoms with Crippen LogP contribution in [-0.4, -0.2) is 10.2 Å². The maximum absolute atomic E-state index is 12.9. The van der Waals surface area contributed by atoms with Gasteiger partial charge in [0.25, 0.3) is 11.7 Å². The van der Waals surface area contributed by atoms with E-state index in [9.17, 15) is 18.0 Å². The number of halogens is 4. The van der Waals surface area contributed by atoms with E-state index in [4.69, 9.17) is 16.9 Å². The summed E-state index contributed by atoms with van der Waals surface area (Å²) in [5, 5.41) is 7.14. The molecule has 0 unspecified atom stereocenters. The normalized spacial score (nSPS) is 10.1. The Labute approximate surface area is 87.1 Å². The molecule has 0 fully saturated rings. The second-order valence-electron chi connectivity index (χ2n) is 2.43. The Hall–Kier alpha value is -1.61. The molecule has 0 aliphatic heterocycles. The predicted molar refractivity (Wildman–Crippen MR) is 44.1 cm³/mol. The van der Waals surface area contributed by atoms with Gasteiger partial charge in [-0.3, -0.25) is 9.78 Å². The van der Waals surface area contributed by atoms with E-state index in [2.05, 4.69) is 4.98 Å². The first-order chi connectivity index (χ1) is 6.99. The van der Waals surface area contributed by atoms with Crippen molar-refractivity contribution >= 4 is 16.8 Å². The summed E-state index contributed by atoms with van der Waals surface area (Å²) >= 11 is 4.98. The monoisotopic (exact) mass is 234 g/mol. The van der Waals surface area contributed by atoms with Gasteiger partial charge in [-0.05, 0) is 11.6 Å². The highest BCUT2D eigenvalue weighted by molar-refractivity contribution is 6.68. The maximum atomic E-state index is 12.9. The smallest absolute Gasteiger partial charge is 0.275 e. The number of rotatable bonds is 2. The van der Waals surface area contributed by atoms with E-state index >= 15 is 0 Å². The molecule has 0 N–H and O–H groups in total. The summed E-state index contributed by atoms with van der Waals surface area (Å²) in [5.41, 5.74) is -2.69. The van der Waals surface area contributed by atoms with Crippen molar-refractivity contribution in [3.63, 3.8) is 0 Å². The average Bonchev–Trinajstić information content (AvgIpc) is 2.16. The van der Waals surface area contributed by atoms with Crippen molar-refractivity contribution in [3.8, 4) is 6.07 Å². The molecule has 0 saturated carbocycles. The lowest BCUT2D eigenvalue weighted by Crippen LogP contribution is -2.07. The Balaban J connectivity index is 3.58. The zero-order valence-electron chi connectivity index (χ0n) is 6.97. The molecule has 0 aliphatic carbocycles. The highest BCUT2D eigenvalue weighted by Gasteiger charge is 2.25. The summed E-state index contributed by atoms with van der Waals surface area (Å²) < 4.78 is 37.6. The molecule has 1 heterocycles. The van der Waals surface area contributed by atoms with Crippen LogP contribution in [-0.2, 0) is 0 Å². The van der Waals surface area contributed by atoms with Crippen LogP contribution in [0.1, 0.15) is 28.0 Å².